The molecule has 2 aromatic rings. The minimum absolute atomic E-state index is 0.0980. The summed E-state index contributed by atoms with van der Waals surface area (Å²) in [7, 11) is 0. The summed E-state index contributed by atoms with van der Waals surface area (Å²) in [6.45, 7) is 3.02. The molecule has 1 aliphatic rings. The average Bonchev–Trinajstić information content (AvgIpc) is 3.24. The standard InChI is InChI=1S/C19H20N4O5/c1-12-5-7-13(8-6-12)19(2)16(25)23(18(27)22-19)11-15(24)21-17(26)20-10-14-4-3-9-28-14/h3-9H,10-11H2,1-2H3,(H,22,27)(H2,20,21,24,26)/t19-/m0/s1. The van der Waals surface area contributed by atoms with Gasteiger partial charge in [0.25, 0.3) is 5.91 Å². The van der Waals surface area contributed by atoms with Crippen molar-refractivity contribution in [1.29, 1.82) is 0 Å². The summed E-state index contributed by atoms with van der Waals surface area (Å²) in [5.74, 6) is -0.827. The molecule has 2 heterocycles. The van der Waals surface area contributed by atoms with Crippen LogP contribution in [0.1, 0.15) is 23.8 Å². The number of hydrogen-bond acceptors (Lipinski definition) is 5. The summed E-state index contributed by atoms with van der Waals surface area (Å²) in [5, 5.41) is 7.14. The number of aryl methyl sites for hydroxylation is 1. The molecule has 9 nitrogen and oxygen atoms in total. The van der Waals surface area contributed by atoms with Gasteiger partial charge in [-0.05, 0) is 31.5 Å². The van der Waals surface area contributed by atoms with Gasteiger partial charge in [-0.25, -0.2) is 9.59 Å². The lowest BCUT2D eigenvalue weighted by atomic mass is 9.91. The zero-order chi connectivity index (χ0) is 20.3. The second-order valence-corrected chi connectivity index (χ2v) is 6.62. The molecule has 1 saturated heterocycles. The maximum atomic E-state index is 12.8. The molecule has 1 aromatic heterocycles. The first-order valence-corrected chi connectivity index (χ1v) is 8.61. The number of rotatable bonds is 5. The largest absolute Gasteiger partial charge is 0.467 e. The molecule has 6 amide bonds. The van der Waals surface area contributed by atoms with E-state index >= 15 is 0 Å². The van der Waals surface area contributed by atoms with Crippen LogP contribution in [0, 0.1) is 6.92 Å². The summed E-state index contributed by atoms with van der Waals surface area (Å²) in [6.07, 6.45) is 1.46. The number of nitrogens with zero attached hydrogens (tertiary/aromatic N) is 1. The molecule has 3 rings (SSSR count). The SMILES string of the molecule is Cc1ccc([C@]2(C)NC(=O)N(CC(=O)NC(=O)NCc3ccco3)C2=O)cc1. The number of carbonyl (C=O) groups excluding carboxylic acids is 4. The summed E-state index contributed by atoms with van der Waals surface area (Å²) in [6, 6.07) is 9.05. The van der Waals surface area contributed by atoms with E-state index in [1.807, 2.05) is 19.1 Å². The number of furan rings is 1. The second kappa shape index (κ2) is 7.55. The molecule has 1 aliphatic heterocycles. The molecule has 1 atom stereocenters. The van der Waals surface area contributed by atoms with Gasteiger partial charge < -0.3 is 15.1 Å². The van der Waals surface area contributed by atoms with Crippen LogP contribution in [0.5, 0.6) is 0 Å². The van der Waals surface area contributed by atoms with E-state index in [1.54, 1.807) is 31.2 Å². The molecule has 0 spiro atoms. The van der Waals surface area contributed by atoms with E-state index in [0.717, 1.165) is 10.5 Å². The maximum Gasteiger partial charge on any atom is 0.325 e. The van der Waals surface area contributed by atoms with Gasteiger partial charge in [-0.15, -0.1) is 0 Å². The topological polar surface area (TPSA) is 121 Å². The van der Waals surface area contributed by atoms with Gasteiger partial charge in [0.05, 0.1) is 12.8 Å². The van der Waals surface area contributed by atoms with E-state index in [0.29, 0.717) is 11.3 Å². The summed E-state index contributed by atoms with van der Waals surface area (Å²) >= 11 is 0. The van der Waals surface area contributed by atoms with E-state index in [-0.39, 0.29) is 6.54 Å². The molecule has 9 heteroatoms. The monoisotopic (exact) mass is 384 g/mol. The van der Waals surface area contributed by atoms with E-state index in [4.69, 9.17) is 4.42 Å². The van der Waals surface area contributed by atoms with Gasteiger partial charge in [0, 0.05) is 0 Å². The number of hydrogen-bond donors (Lipinski definition) is 3. The highest BCUT2D eigenvalue weighted by Gasteiger charge is 2.49. The first kappa shape index (κ1) is 19.2. The highest BCUT2D eigenvalue weighted by Crippen LogP contribution is 2.28. The minimum atomic E-state index is -1.27. The van der Waals surface area contributed by atoms with Crippen LogP contribution in [0.2, 0.25) is 0 Å². The Labute approximate surface area is 161 Å². The number of urea groups is 2. The number of amides is 6. The van der Waals surface area contributed by atoms with Crippen molar-refractivity contribution in [2.24, 2.45) is 0 Å². The lowest BCUT2D eigenvalue weighted by Gasteiger charge is -2.22. The fourth-order valence-electron chi connectivity index (χ4n) is 2.86. The molecule has 146 valence electrons. The van der Waals surface area contributed by atoms with Crippen LogP contribution < -0.4 is 16.0 Å². The Hall–Kier alpha value is -3.62. The van der Waals surface area contributed by atoms with Gasteiger partial charge in [-0.3, -0.25) is 19.8 Å². The predicted octanol–water partition coefficient (Wildman–Crippen LogP) is 1.38. The minimum Gasteiger partial charge on any atom is -0.467 e. The third-order valence-electron chi connectivity index (χ3n) is 4.46. The Balaban J connectivity index is 1.59. The van der Waals surface area contributed by atoms with Crippen LogP contribution in [-0.2, 0) is 21.7 Å². The van der Waals surface area contributed by atoms with E-state index in [2.05, 4.69) is 16.0 Å². The molecule has 3 N–H and O–H groups in total. The van der Waals surface area contributed by atoms with Crippen LogP contribution in [0.15, 0.2) is 47.1 Å². The molecular weight excluding hydrogens is 364 g/mol. The summed E-state index contributed by atoms with van der Waals surface area (Å²) in [5.41, 5.74) is 0.351. The lowest BCUT2D eigenvalue weighted by molar-refractivity contribution is -0.134. The maximum absolute atomic E-state index is 12.8. The molecule has 0 unspecified atom stereocenters. The second-order valence-electron chi connectivity index (χ2n) is 6.62. The zero-order valence-corrected chi connectivity index (χ0v) is 15.4. The van der Waals surface area contributed by atoms with Crippen LogP contribution >= 0.6 is 0 Å². The number of imide groups is 2. The highest BCUT2D eigenvalue weighted by atomic mass is 16.3. The van der Waals surface area contributed by atoms with Crippen molar-refractivity contribution >= 4 is 23.9 Å². The molecular formula is C19H20N4O5. The molecule has 0 bridgehead atoms. The van der Waals surface area contributed by atoms with Crippen molar-refractivity contribution in [3.63, 3.8) is 0 Å². The first-order valence-electron chi connectivity index (χ1n) is 8.61. The predicted molar refractivity (Wildman–Crippen MR) is 97.9 cm³/mol. The van der Waals surface area contributed by atoms with Gasteiger partial charge in [0.2, 0.25) is 5.91 Å². The Kier molecular flexibility index (Phi) is 5.16. The van der Waals surface area contributed by atoms with Gasteiger partial charge >= 0.3 is 12.1 Å². The fraction of sp³-hybridized carbons (Fsp3) is 0.263. The Morgan fingerprint density at radius 3 is 2.54 bits per heavy atom. The quantitative estimate of drug-likeness (QED) is 0.673. The van der Waals surface area contributed by atoms with Crippen LogP contribution in [0.4, 0.5) is 9.59 Å². The van der Waals surface area contributed by atoms with Crippen molar-refractivity contribution in [2.45, 2.75) is 25.9 Å². The average molecular weight is 384 g/mol. The smallest absolute Gasteiger partial charge is 0.325 e. The van der Waals surface area contributed by atoms with Crippen molar-refractivity contribution < 1.29 is 23.6 Å². The van der Waals surface area contributed by atoms with Crippen molar-refractivity contribution in [3.8, 4) is 0 Å². The zero-order valence-electron chi connectivity index (χ0n) is 15.4. The fourth-order valence-corrected chi connectivity index (χ4v) is 2.86. The first-order chi connectivity index (χ1) is 13.3. The molecule has 1 fully saturated rings. The third kappa shape index (κ3) is 3.88. The van der Waals surface area contributed by atoms with Crippen molar-refractivity contribution in [1.82, 2.24) is 20.9 Å². The lowest BCUT2D eigenvalue weighted by Crippen LogP contribution is -2.46. The number of benzene rings is 1. The molecule has 0 aliphatic carbocycles. The van der Waals surface area contributed by atoms with Crippen LogP contribution in [0.25, 0.3) is 0 Å². The van der Waals surface area contributed by atoms with E-state index < -0.39 is 36.0 Å². The normalized spacial score (nSPS) is 18.7. The summed E-state index contributed by atoms with van der Waals surface area (Å²) < 4.78 is 5.06. The van der Waals surface area contributed by atoms with Gasteiger partial charge in [0.1, 0.15) is 17.8 Å². The Morgan fingerprint density at radius 1 is 1.18 bits per heavy atom. The highest BCUT2D eigenvalue weighted by molar-refractivity contribution is 6.10. The van der Waals surface area contributed by atoms with E-state index in [9.17, 15) is 19.2 Å². The van der Waals surface area contributed by atoms with Gasteiger partial charge in [-0.2, -0.15) is 0 Å². The molecule has 0 saturated carbocycles. The Morgan fingerprint density at radius 2 is 1.89 bits per heavy atom. The van der Waals surface area contributed by atoms with Crippen LogP contribution in [0.3, 0.4) is 0 Å². The third-order valence-corrected chi connectivity index (χ3v) is 4.46. The van der Waals surface area contributed by atoms with Gasteiger partial charge in [0.15, 0.2) is 0 Å². The molecule has 0 radical (unpaired) electrons. The summed E-state index contributed by atoms with van der Waals surface area (Å²) in [4.78, 5) is 49.7. The number of carbonyl (C=O) groups is 4. The molecule has 1 aromatic carbocycles. The van der Waals surface area contributed by atoms with Gasteiger partial charge in [-0.1, -0.05) is 29.8 Å². The van der Waals surface area contributed by atoms with Crippen LogP contribution in [-0.4, -0.2) is 35.3 Å². The van der Waals surface area contributed by atoms with Crippen molar-refractivity contribution in [2.75, 3.05) is 6.54 Å². The Bertz CT molecular complexity index is 907. The number of nitrogens with one attached hydrogen (secondary N) is 3. The van der Waals surface area contributed by atoms with Crippen molar-refractivity contribution in [3.05, 3.63) is 59.5 Å². The molecule has 28 heavy (non-hydrogen) atoms. The van der Waals surface area contributed by atoms with E-state index in [1.165, 1.54) is 6.26 Å².